The normalized spacial score (nSPS) is 16.0. The first-order valence-electron chi connectivity index (χ1n) is 6.31. The highest BCUT2D eigenvalue weighted by molar-refractivity contribution is 6.33. The summed E-state index contributed by atoms with van der Waals surface area (Å²) in [6.07, 6.45) is 1.83. The lowest BCUT2D eigenvalue weighted by Crippen LogP contribution is -2.46. The van der Waals surface area contributed by atoms with E-state index in [-0.39, 0.29) is 5.91 Å². The van der Waals surface area contributed by atoms with Gasteiger partial charge >= 0.3 is 0 Å². The summed E-state index contributed by atoms with van der Waals surface area (Å²) in [4.78, 5) is 18.9. The van der Waals surface area contributed by atoms with Gasteiger partial charge in [0, 0.05) is 32.4 Å². The predicted octanol–water partition coefficient (Wildman–Crippen LogP) is 1.34. The molecule has 0 aliphatic carbocycles. The zero-order chi connectivity index (χ0) is 13.4. The first kappa shape index (κ1) is 12.4. The van der Waals surface area contributed by atoms with Gasteiger partial charge in [-0.05, 0) is 19.1 Å². The van der Waals surface area contributed by atoms with Crippen LogP contribution in [0.15, 0.2) is 18.3 Å². The zero-order valence-electron chi connectivity index (χ0n) is 10.7. The smallest absolute Gasteiger partial charge is 0.272 e. The number of aromatic nitrogens is 2. The molecule has 1 fully saturated rings. The molecule has 0 bridgehead atoms. The second-order valence-corrected chi connectivity index (χ2v) is 5.04. The van der Waals surface area contributed by atoms with E-state index in [9.17, 15) is 4.79 Å². The second kappa shape index (κ2) is 4.83. The van der Waals surface area contributed by atoms with Crippen LogP contribution in [-0.2, 0) is 0 Å². The SMILES string of the molecule is Cc1nc2c(Cl)cccn2c1C(=O)N1CCNCC1. The summed E-state index contributed by atoms with van der Waals surface area (Å²) >= 11 is 6.11. The standard InChI is InChI=1S/C13H15ClN4O/c1-9-11(13(19)17-7-4-15-5-8-17)18-6-2-3-10(14)12(18)16-9/h2-3,6,15H,4-5,7-8H2,1H3. The van der Waals surface area contributed by atoms with Crippen molar-refractivity contribution in [1.82, 2.24) is 19.6 Å². The number of carbonyl (C=O) groups is 1. The van der Waals surface area contributed by atoms with Gasteiger partial charge in [0.2, 0.25) is 0 Å². The van der Waals surface area contributed by atoms with Gasteiger partial charge in [-0.2, -0.15) is 0 Å². The van der Waals surface area contributed by atoms with Crippen molar-refractivity contribution < 1.29 is 4.79 Å². The lowest BCUT2D eigenvalue weighted by Gasteiger charge is -2.27. The number of aryl methyl sites for hydroxylation is 1. The molecule has 0 aromatic carbocycles. The fraction of sp³-hybridized carbons (Fsp3) is 0.385. The molecule has 0 unspecified atom stereocenters. The van der Waals surface area contributed by atoms with E-state index in [0.717, 1.165) is 31.9 Å². The molecule has 0 spiro atoms. The number of fused-ring (bicyclic) bond motifs is 1. The van der Waals surface area contributed by atoms with Gasteiger partial charge in [-0.3, -0.25) is 9.20 Å². The highest BCUT2D eigenvalue weighted by Crippen LogP contribution is 2.20. The molecule has 6 heteroatoms. The number of pyridine rings is 1. The molecule has 1 saturated heterocycles. The van der Waals surface area contributed by atoms with Crippen LogP contribution in [0.5, 0.6) is 0 Å². The summed E-state index contributed by atoms with van der Waals surface area (Å²) in [7, 11) is 0. The van der Waals surface area contributed by atoms with Gasteiger partial charge in [0.05, 0.1) is 10.7 Å². The van der Waals surface area contributed by atoms with E-state index in [1.807, 2.05) is 24.1 Å². The minimum Gasteiger partial charge on any atom is -0.335 e. The number of amides is 1. The lowest BCUT2D eigenvalue weighted by atomic mass is 10.2. The number of nitrogens with one attached hydrogen (secondary N) is 1. The van der Waals surface area contributed by atoms with E-state index in [0.29, 0.717) is 16.4 Å². The van der Waals surface area contributed by atoms with Crippen LogP contribution in [0.1, 0.15) is 16.2 Å². The van der Waals surface area contributed by atoms with Crippen LogP contribution >= 0.6 is 11.6 Å². The number of hydrogen-bond acceptors (Lipinski definition) is 3. The van der Waals surface area contributed by atoms with E-state index >= 15 is 0 Å². The Morgan fingerprint density at radius 1 is 1.42 bits per heavy atom. The molecule has 0 saturated carbocycles. The number of imidazole rings is 1. The quantitative estimate of drug-likeness (QED) is 0.856. The number of nitrogens with zero attached hydrogens (tertiary/aromatic N) is 3. The maximum absolute atomic E-state index is 12.6. The Labute approximate surface area is 116 Å². The van der Waals surface area contributed by atoms with Crippen molar-refractivity contribution in [1.29, 1.82) is 0 Å². The molecule has 5 nitrogen and oxygen atoms in total. The van der Waals surface area contributed by atoms with Gasteiger partial charge in [0.1, 0.15) is 5.69 Å². The molecule has 3 rings (SSSR count). The van der Waals surface area contributed by atoms with Crippen molar-refractivity contribution in [2.45, 2.75) is 6.92 Å². The van der Waals surface area contributed by atoms with Gasteiger partial charge in [0.15, 0.2) is 5.65 Å². The highest BCUT2D eigenvalue weighted by atomic mass is 35.5. The summed E-state index contributed by atoms with van der Waals surface area (Å²) < 4.78 is 1.78. The Morgan fingerprint density at radius 3 is 2.89 bits per heavy atom. The average Bonchev–Trinajstić information content (AvgIpc) is 2.77. The number of carbonyl (C=O) groups excluding carboxylic acids is 1. The fourth-order valence-corrected chi connectivity index (χ4v) is 2.63. The third-order valence-electron chi connectivity index (χ3n) is 3.38. The van der Waals surface area contributed by atoms with Gasteiger partial charge < -0.3 is 10.2 Å². The Bertz CT molecular complexity index is 631. The van der Waals surface area contributed by atoms with Crippen molar-refractivity contribution in [3.63, 3.8) is 0 Å². The second-order valence-electron chi connectivity index (χ2n) is 4.64. The molecular formula is C13H15ClN4O. The lowest BCUT2D eigenvalue weighted by molar-refractivity contribution is 0.0728. The number of piperazine rings is 1. The molecule has 2 aromatic rings. The minimum absolute atomic E-state index is 0.0220. The van der Waals surface area contributed by atoms with E-state index in [1.165, 1.54) is 0 Å². The molecule has 1 N–H and O–H groups in total. The van der Waals surface area contributed by atoms with Crippen LogP contribution < -0.4 is 5.32 Å². The van der Waals surface area contributed by atoms with Crippen molar-refractivity contribution in [3.05, 3.63) is 34.7 Å². The van der Waals surface area contributed by atoms with Crippen molar-refractivity contribution >= 4 is 23.2 Å². The Hall–Kier alpha value is -1.59. The van der Waals surface area contributed by atoms with Crippen molar-refractivity contribution in [2.24, 2.45) is 0 Å². The third kappa shape index (κ3) is 2.09. The molecule has 0 radical (unpaired) electrons. The van der Waals surface area contributed by atoms with Crippen LogP contribution in [0.4, 0.5) is 0 Å². The molecular weight excluding hydrogens is 264 g/mol. The van der Waals surface area contributed by atoms with Gasteiger partial charge in [-0.1, -0.05) is 11.6 Å². The molecule has 1 aliphatic rings. The first-order valence-corrected chi connectivity index (χ1v) is 6.69. The van der Waals surface area contributed by atoms with Crippen LogP contribution in [0, 0.1) is 6.92 Å². The third-order valence-corrected chi connectivity index (χ3v) is 3.68. The maximum atomic E-state index is 12.6. The molecule has 0 atom stereocenters. The number of hydrogen-bond donors (Lipinski definition) is 1. The topological polar surface area (TPSA) is 49.6 Å². The molecule has 1 amide bonds. The summed E-state index contributed by atoms with van der Waals surface area (Å²) in [6.45, 7) is 4.97. The zero-order valence-corrected chi connectivity index (χ0v) is 11.4. The number of halogens is 1. The van der Waals surface area contributed by atoms with E-state index < -0.39 is 0 Å². The Balaban J connectivity index is 2.06. The molecule has 1 aliphatic heterocycles. The van der Waals surface area contributed by atoms with Crippen LogP contribution in [0.3, 0.4) is 0 Å². The Kier molecular flexibility index (Phi) is 3.16. The molecule has 19 heavy (non-hydrogen) atoms. The Morgan fingerprint density at radius 2 is 2.16 bits per heavy atom. The van der Waals surface area contributed by atoms with Gasteiger partial charge in [-0.15, -0.1) is 0 Å². The number of rotatable bonds is 1. The fourth-order valence-electron chi connectivity index (χ4n) is 2.42. The largest absolute Gasteiger partial charge is 0.335 e. The minimum atomic E-state index is 0.0220. The maximum Gasteiger partial charge on any atom is 0.272 e. The van der Waals surface area contributed by atoms with E-state index in [4.69, 9.17) is 11.6 Å². The molecule has 100 valence electrons. The summed E-state index contributed by atoms with van der Waals surface area (Å²) in [6, 6.07) is 3.60. The van der Waals surface area contributed by atoms with Crippen molar-refractivity contribution in [3.8, 4) is 0 Å². The summed E-state index contributed by atoms with van der Waals surface area (Å²) in [5.41, 5.74) is 1.97. The monoisotopic (exact) mass is 278 g/mol. The molecule has 2 aromatic heterocycles. The average molecular weight is 279 g/mol. The van der Waals surface area contributed by atoms with Crippen molar-refractivity contribution in [2.75, 3.05) is 26.2 Å². The van der Waals surface area contributed by atoms with Crippen LogP contribution in [0.25, 0.3) is 5.65 Å². The van der Waals surface area contributed by atoms with E-state index in [2.05, 4.69) is 10.3 Å². The van der Waals surface area contributed by atoms with Crippen LogP contribution in [0.2, 0.25) is 5.02 Å². The van der Waals surface area contributed by atoms with Gasteiger partial charge in [-0.25, -0.2) is 4.98 Å². The summed E-state index contributed by atoms with van der Waals surface area (Å²) in [5, 5.41) is 3.80. The first-order chi connectivity index (χ1) is 9.18. The predicted molar refractivity (Wildman–Crippen MR) is 73.7 cm³/mol. The highest BCUT2D eigenvalue weighted by Gasteiger charge is 2.24. The van der Waals surface area contributed by atoms with E-state index in [1.54, 1.807) is 10.5 Å². The molecule has 3 heterocycles. The van der Waals surface area contributed by atoms with Crippen LogP contribution in [-0.4, -0.2) is 46.4 Å². The summed E-state index contributed by atoms with van der Waals surface area (Å²) in [5.74, 6) is 0.0220. The van der Waals surface area contributed by atoms with Gasteiger partial charge in [0.25, 0.3) is 5.91 Å².